The number of nitrogens with zero attached hydrogens (tertiary/aromatic N) is 2. The fourth-order valence-corrected chi connectivity index (χ4v) is 2.88. The molecule has 0 radical (unpaired) electrons. The molecule has 0 spiro atoms. The van der Waals surface area contributed by atoms with Crippen molar-refractivity contribution in [3.05, 3.63) is 76.0 Å². The van der Waals surface area contributed by atoms with E-state index < -0.39 is 5.91 Å². The molecule has 3 rings (SSSR count). The maximum absolute atomic E-state index is 12.7. The molecule has 2 aromatic rings. The van der Waals surface area contributed by atoms with Gasteiger partial charge in [-0.2, -0.15) is 5.26 Å². The first-order chi connectivity index (χ1) is 13.0. The summed E-state index contributed by atoms with van der Waals surface area (Å²) in [5.74, 6) is -0.100. The van der Waals surface area contributed by atoms with Gasteiger partial charge in [-0.3, -0.25) is 15.1 Å². The lowest BCUT2D eigenvalue weighted by Crippen LogP contribution is -2.44. The van der Waals surface area contributed by atoms with E-state index in [0.717, 1.165) is 10.5 Å². The lowest BCUT2D eigenvalue weighted by Gasteiger charge is -2.29. The highest BCUT2D eigenvalue weighted by Crippen LogP contribution is 2.30. The average Bonchev–Trinajstić information content (AvgIpc) is 2.66. The van der Waals surface area contributed by atoms with E-state index in [1.54, 1.807) is 61.7 Å². The predicted octanol–water partition coefficient (Wildman–Crippen LogP) is 3.49. The minimum Gasteiger partial charge on any atom is -0.497 e. The highest BCUT2D eigenvalue weighted by atomic mass is 35.5. The number of nitriles is 1. The van der Waals surface area contributed by atoms with E-state index in [1.165, 1.54) is 0 Å². The van der Waals surface area contributed by atoms with Crippen LogP contribution in [0.5, 0.6) is 5.75 Å². The van der Waals surface area contributed by atoms with E-state index in [2.05, 4.69) is 0 Å². The standard InChI is InChI=1S/C20H15ClN4O2/c1-27-15-7-5-12(6-8-15)9-16-18(23)17(11-22)20(26)25(19(16)24)14-4-2-3-13(21)10-14/h2-10,24H,23H2,1H3/b16-9+,24-19?. The largest absolute Gasteiger partial charge is 0.497 e. The van der Waals surface area contributed by atoms with Gasteiger partial charge in [0.2, 0.25) is 0 Å². The van der Waals surface area contributed by atoms with Gasteiger partial charge in [-0.15, -0.1) is 0 Å². The molecule has 27 heavy (non-hydrogen) atoms. The Hall–Kier alpha value is -3.56. The number of ether oxygens (including phenoxy) is 1. The fraction of sp³-hybridized carbons (Fsp3) is 0.0500. The molecule has 0 atom stereocenters. The van der Waals surface area contributed by atoms with E-state index in [-0.39, 0.29) is 22.7 Å². The molecule has 3 N–H and O–H groups in total. The molecule has 0 unspecified atom stereocenters. The summed E-state index contributed by atoms with van der Waals surface area (Å²) in [7, 11) is 1.57. The van der Waals surface area contributed by atoms with Crippen LogP contribution in [0.15, 0.2) is 65.4 Å². The van der Waals surface area contributed by atoms with Crippen LogP contribution in [-0.2, 0) is 4.79 Å². The number of nitrogens with one attached hydrogen (secondary N) is 1. The van der Waals surface area contributed by atoms with Crippen molar-refractivity contribution in [1.82, 2.24) is 0 Å². The van der Waals surface area contributed by atoms with E-state index in [0.29, 0.717) is 16.5 Å². The van der Waals surface area contributed by atoms with Crippen LogP contribution in [0.3, 0.4) is 0 Å². The summed E-state index contributed by atoms with van der Waals surface area (Å²) in [5.41, 5.74) is 7.20. The van der Waals surface area contributed by atoms with Gasteiger partial charge in [0, 0.05) is 10.6 Å². The Balaban J connectivity index is 2.13. The van der Waals surface area contributed by atoms with Crippen LogP contribution >= 0.6 is 11.6 Å². The van der Waals surface area contributed by atoms with Crippen molar-refractivity contribution in [3.8, 4) is 11.8 Å². The normalized spacial score (nSPS) is 15.9. The summed E-state index contributed by atoms with van der Waals surface area (Å²) in [6.07, 6.45) is 1.65. The van der Waals surface area contributed by atoms with E-state index in [4.69, 9.17) is 27.5 Å². The van der Waals surface area contributed by atoms with E-state index >= 15 is 0 Å². The monoisotopic (exact) mass is 378 g/mol. The third-order valence-electron chi connectivity index (χ3n) is 4.06. The van der Waals surface area contributed by atoms with Crippen molar-refractivity contribution in [2.75, 3.05) is 12.0 Å². The van der Waals surface area contributed by atoms with Crippen molar-refractivity contribution in [2.24, 2.45) is 5.73 Å². The van der Waals surface area contributed by atoms with Crippen LogP contribution in [0.4, 0.5) is 5.69 Å². The molecule has 0 bridgehead atoms. The molecule has 134 valence electrons. The molecular weight excluding hydrogens is 364 g/mol. The maximum Gasteiger partial charge on any atom is 0.276 e. The van der Waals surface area contributed by atoms with Gasteiger partial charge in [-0.05, 0) is 42.0 Å². The van der Waals surface area contributed by atoms with E-state index in [1.807, 2.05) is 6.07 Å². The third-order valence-corrected chi connectivity index (χ3v) is 4.30. The Kier molecular flexibility index (Phi) is 4.97. The number of carbonyl (C=O) groups excluding carboxylic acids is 1. The zero-order valence-corrected chi connectivity index (χ0v) is 15.1. The molecule has 6 nitrogen and oxygen atoms in total. The second-order valence-electron chi connectivity index (χ2n) is 5.70. The minimum absolute atomic E-state index is 0.0263. The SMILES string of the molecule is COc1ccc(/C=C2/C(=N)N(c3cccc(Cl)c3)C(=O)C(C#N)=C2N)cc1. The van der Waals surface area contributed by atoms with Crippen LogP contribution in [0, 0.1) is 16.7 Å². The van der Waals surface area contributed by atoms with Crippen molar-refractivity contribution in [1.29, 1.82) is 10.7 Å². The number of methoxy groups -OCH3 is 1. The summed E-state index contributed by atoms with van der Waals surface area (Å²) in [6, 6.07) is 15.5. The van der Waals surface area contributed by atoms with Gasteiger partial charge in [-0.1, -0.05) is 29.8 Å². The number of hydrogen-bond acceptors (Lipinski definition) is 5. The summed E-state index contributed by atoms with van der Waals surface area (Å²) in [4.78, 5) is 13.8. The molecule has 1 aliphatic heterocycles. The van der Waals surface area contributed by atoms with Crippen molar-refractivity contribution >= 4 is 35.1 Å². The quantitative estimate of drug-likeness (QED) is 0.853. The first-order valence-corrected chi connectivity index (χ1v) is 8.29. The van der Waals surface area contributed by atoms with Gasteiger partial charge in [0.1, 0.15) is 23.2 Å². The number of nitrogens with two attached hydrogens (primary N) is 1. The summed E-state index contributed by atoms with van der Waals surface area (Å²) in [6.45, 7) is 0. The van der Waals surface area contributed by atoms with Gasteiger partial charge >= 0.3 is 0 Å². The lowest BCUT2D eigenvalue weighted by molar-refractivity contribution is -0.114. The zero-order chi connectivity index (χ0) is 19.6. The number of halogens is 1. The third kappa shape index (κ3) is 3.41. The number of carbonyl (C=O) groups is 1. The maximum atomic E-state index is 12.7. The molecule has 0 aliphatic carbocycles. The highest BCUT2D eigenvalue weighted by molar-refractivity contribution is 6.34. The number of amides is 1. The Morgan fingerprint density at radius 1 is 1.26 bits per heavy atom. The molecule has 1 aliphatic rings. The lowest BCUT2D eigenvalue weighted by atomic mass is 9.97. The zero-order valence-electron chi connectivity index (χ0n) is 14.4. The number of hydrogen-bond donors (Lipinski definition) is 2. The highest BCUT2D eigenvalue weighted by Gasteiger charge is 2.34. The first kappa shape index (κ1) is 18.2. The topological polar surface area (TPSA) is 103 Å². The molecule has 0 saturated heterocycles. The molecular formula is C20H15ClN4O2. The molecule has 2 aromatic carbocycles. The van der Waals surface area contributed by atoms with Gasteiger partial charge in [0.25, 0.3) is 5.91 Å². The van der Waals surface area contributed by atoms with Crippen LogP contribution in [0.1, 0.15) is 5.56 Å². The molecule has 7 heteroatoms. The fourth-order valence-electron chi connectivity index (χ4n) is 2.69. The smallest absolute Gasteiger partial charge is 0.276 e. The Morgan fingerprint density at radius 3 is 2.56 bits per heavy atom. The number of benzene rings is 2. The summed E-state index contributed by atoms with van der Waals surface area (Å²) >= 11 is 6.02. The number of amidine groups is 1. The second kappa shape index (κ2) is 7.36. The predicted molar refractivity (Wildman–Crippen MR) is 104 cm³/mol. The summed E-state index contributed by atoms with van der Waals surface area (Å²) < 4.78 is 5.13. The molecule has 0 fully saturated rings. The number of rotatable bonds is 3. The van der Waals surface area contributed by atoms with Crippen molar-refractivity contribution < 1.29 is 9.53 Å². The van der Waals surface area contributed by atoms with Gasteiger partial charge < -0.3 is 10.5 Å². The molecule has 0 aromatic heterocycles. The first-order valence-electron chi connectivity index (χ1n) is 7.91. The average molecular weight is 379 g/mol. The van der Waals surface area contributed by atoms with E-state index in [9.17, 15) is 10.1 Å². The molecule has 0 saturated carbocycles. The van der Waals surface area contributed by atoms with Gasteiger partial charge in [0.15, 0.2) is 0 Å². The van der Waals surface area contributed by atoms with Crippen LogP contribution < -0.4 is 15.4 Å². The number of anilines is 1. The summed E-state index contributed by atoms with van der Waals surface area (Å²) in [5, 5.41) is 18.3. The van der Waals surface area contributed by atoms with Crippen LogP contribution in [0.2, 0.25) is 5.02 Å². The van der Waals surface area contributed by atoms with Crippen LogP contribution in [-0.4, -0.2) is 18.9 Å². The van der Waals surface area contributed by atoms with Crippen molar-refractivity contribution in [2.45, 2.75) is 0 Å². The molecule has 1 heterocycles. The van der Waals surface area contributed by atoms with Crippen molar-refractivity contribution in [3.63, 3.8) is 0 Å². The van der Waals surface area contributed by atoms with Crippen LogP contribution in [0.25, 0.3) is 6.08 Å². The van der Waals surface area contributed by atoms with Gasteiger partial charge in [-0.25, -0.2) is 0 Å². The minimum atomic E-state index is -0.658. The Bertz CT molecular complexity index is 1030. The Morgan fingerprint density at radius 2 is 1.96 bits per heavy atom. The molecule has 1 amide bonds. The van der Waals surface area contributed by atoms with Gasteiger partial charge in [0.05, 0.1) is 18.5 Å². The second-order valence-corrected chi connectivity index (χ2v) is 6.14. The Labute approximate surface area is 161 Å².